The molecule has 0 radical (unpaired) electrons. The second-order valence-corrected chi connectivity index (χ2v) is 4.48. The predicted molar refractivity (Wildman–Crippen MR) is 60.6 cm³/mol. The van der Waals surface area contributed by atoms with Crippen LogP contribution in [0.15, 0.2) is 23.1 Å². The van der Waals surface area contributed by atoms with E-state index in [1.54, 1.807) is 0 Å². The van der Waals surface area contributed by atoms with Crippen LogP contribution >= 0.6 is 23.4 Å². The zero-order chi connectivity index (χ0) is 9.68. The lowest BCUT2D eigenvalue weighted by Crippen LogP contribution is -1.99. The van der Waals surface area contributed by atoms with Crippen LogP contribution in [0.25, 0.3) is 0 Å². The molecule has 0 bridgehead atoms. The van der Waals surface area contributed by atoms with E-state index in [1.807, 2.05) is 24.8 Å². The Morgan fingerprint density at radius 1 is 1.46 bits per heavy atom. The van der Waals surface area contributed by atoms with Crippen molar-refractivity contribution in [2.45, 2.75) is 18.2 Å². The molecule has 1 rings (SSSR count). The van der Waals surface area contributed by atoms with Crippen molar-refractivity contribution < 1.29 is 0 Å². The van der Waals surface area contributed by atoms with Gasteiger partial charge in [-0.1, -0.05) is 11.6 Å². The summed E-state index contributed by atoms with van der Waals surface area (Å²) in [6.07, 6.45) is 1.06. The second kappa shape index (κ2) is 5.53. The fourth-order valence-electron chi connectivity index (χ4n) is 0.980. The van der Waals surface area contributed by atoms with E-state index in [2.05, 4.69) is 12.1 Å². The smallest absolute Gasteiger partial charge is 0.0435 e. The van der Waals surface area contributed by atoms with E-state index in [4.69, 9.17) is 17.3 Å². The first-order valence-electron chi connectivity index (χ1n) is 4.33. The maximum atomic E-state index is 5.91. The molecule has 0 atom stereocenters. The van der Waals surface area contributed by atoms with E-state index < -0.39 is 0 Å². The lowest BCUT2D eigenvalue weighted by atomic mass is 10.2. The van der Waals surface area contributed by atoms with Crippen molar-refractivity contribution in [2.75, 3.05) is 12.3 Å². The standard InChI is InChI=1S/C10H14ClNS/c1-8-7-9(3-4-10(8)11)13-6-2-5-12/h3-4,7H,2,5-6,12H2,1H3. The minimum atomic E-state index is 0.763. The molecule has 1 aromatic carbocycles. The minimum absolute atomic E-state index is 0.763. The molecule has 0 saturated carbocycles. The van der Waals surface area contributed by atoms with Crippen molar-refractivity contribution in [1.82, 2.24) is 0 Å². The normalized spacial score (nSPS) is 10.4. The monoisotopic (exact) mass is 215 g/mol. The summed E-state index contributed by atoms with van der Waals surface area (Å²) in [5.74, 6) is 1.08. The molecule has 3 heteroatoms. The molecule has 0 aliphatic heterocycles. The first-order chi connectivity index (χ1) is 6.24. The molecule has 72 valence electrons. The summed E-state index contributed by atoms with van der Waals surface area (Å²) in [6.45, 7) is 2.79. The minimum Gasteiger partial charge on any atom is -0.330 e. The molecule has 1 aromatic rings. The number of nitrogens with two attached hydrogens (primary N) is 1. The predicted octanol–water partition coefficient (Wildman–Crippen LogP) is 3.09. The SMILES string of the molecule is Cc1cc(SCCCN)ccc1Cl. The maximum absolute atomic E-state index is 5.91. The third kappa shape index (κ3) is 3.59. The molecule has 1 nitrogen and oxygen atoms in total. The maximum Gasteiger partial charge on any atom is 0.0435 e. The number of rotatable bonds is 4. The molecule has 0 aliphatic rings. The molecule has 2 N–H and O–H groups in total. The highest BCUT2D eigenvalue weighted by atomic mass is 35.5. The van der Waals surface area contributed by atoms with Crippen molar-refractivity contribution in [2.24, 2.45) is 5.73 Å². The Hall–Kier alpha value is -0.180. The number of hydrogen-bond donors (Lipinski definition) is 1. The van der Waals surface area contributed by atoms with Gasteiger partial charge in [-0.15, -0.1) is 11.8 Å². The number of hydrogen-bond acceptors (Lipinski definition) is 2. The highest BCUT2D eigenvalue weighted by Gasteiger charge is 1.97. The number of thioether (sulfide) groups is 1. The van der Waals surface area contributed by atoms with Crippen LogP contribution in [0, 0.1) is 6.92 Å². The van der Waals surface area contributed by atoms with Gasteiger partial charge in [0.05, 0.1) is 0 Å². The average Bonchev–Trinajstić information content (AvgIpc) is 2.12. The van der Waals surface area contributed by atoms with Gasteiger partial charge in [0, 0.05) is 9.92 Å². The lowest BCUT2D eigenvalue weighted by molar-refractivity contribution is 0.943. The van der Waals surface area contributed by atoms with Gasteiger partial charge in [-0.3, -0.25) is 0 Å². The summed E-state index contributed by atoms with van der Waals surface area (Å²) in [6, 6.07) is 6.11. The van der Waals surface area contributed by atoms with Gasteiger partial charge in [0.15, 0.2) is 0 Å². The van der Waals surface area contributed by atoms with Gasteiger partial charge >= 0.3 is 0 Å². The highest BCUT2D eigenvalue weighted by Crippen LogP contribution is 2.24. The fourth-order valence-corrected chi connectivity index (χ4v) is 2.07. The van der Waals surface area contributed by atoms with Gasteiger partial charge in [0.1, 0.15) is 0 Å². The Morgan fingerprint density at radius 3 is 2.85 bits per heavy atom. The quantitative estimate of drug-likeness (QED) is 0.617. The zero-order valence-corrected chi connectivity index (χ0v) is 9.29. The molecular formula is C10H14ClNS. The van der Waals surface area contributed by atoms with Crippen molar-refractivity contribution in [3.8, 4) is 0 Å². The lowest BCUT2D eigenvalue weighted by Gasteiger charge is -2.02. The summed E-state index contributed by atoms with van der Waals surface area (Å²) < 4.78 is 0. The molecular weight excluding hydrogens is 202 g/mol. The van der Waals surface area contributed by atoms with Crippen LogP contribution in [0.2, 0.25) is 5.02 Å². The van der Waals surface area contributed by atoms with Crippen molar-refractivity contribution in [3.05, 3.63) is 28.8 Å². The summed E-state index contributed by atoms with van der Waals surface area (Å²) in [4.78, 5) is 1.27. The van der Waals surface area contributed by atoms with E-state index in [1.165, 1.54) is 4.90 Å². The molecule has 0 fully saturated rings. The summed E-state index contributed by atoms with van der Waals surface area (Å²) in [7, 11) is 0. The van der Waals surface area contributed by atoms with Gasteiger partial charge < -0.3 is 5.73 Å². The molecule has 0 aromatic heterocycles. The molecule has 0 unspecified atom stereocenters. The Balaban J connectivity index is 2.53. The van der Waals surface area contributed by atoms with Gasteiger partial charge in [-0.2, -0.15) is 0 Å². The third-order valence-corrected chi connectivity index (χ3v) is 3.25. The van der Waals surface area contributed by atoms with Crippen molar-refractivity contribution >= 4 is 23.4 Å². The van der Waals surface area contributed by atoms with Gasteiger partial charge in [0.25, 0.3) is 0 Å². The average molecular weight is 216 g/mol. The fraction of sp³-hybridized carbons (Fsp3) is 0.400. The van der Waals surface area contributed by atoms with Gasteiger partial charge in [0.2, 0.25) is 0 Å². The first-order valence-corrected chi connectivity index (χ1v) is 5.69. The topological polar surface area (TPSA) is 26.0 Å². The summed E-state index contributed by atoms with van der Waals surface area (Å²) in [5.41, 5.74) is 6.55. The van der Waals surface area contributed by atoms with Crippen LogP contribution in [0.3, 0.4) is 0 Å². The first kappa shape index (κ1) is 10.9. The molecule has 0 spiro atoms. The van der Waals surface area contributed by atoms with E-state index in [9.17, 15) is 0 Å². The van der Waals surface area contributed by atoms with E-state index in [0.29, 0.717) is 0 Å². The zero-order valence-electron chi connectivity index (χ0n) is 7.72. The largest absolute Gasteiger partial charge is 0.330 e. The Labute approximate surface area is 88.7 Å². The second-order valence-electron chi connectivity index (χ2n) is 2.90. The van der Waals surface area contributed by atoms with E-state index in [-0.39, 0.29) is 0 Å². The van der Waals surface area contributed by atoms with Crippen LogP contribution in [0.1, 0.15) is 12.0 Å². The molecule has 0 amide bonds. The van der Waals surface area contributed by atoms with E-state index >= 15 is 0 Å². The Kier molecular flexibility index (Phi) is 4.64. The molecule has 0 saturated heterocycles. The van der Waals surface area contributed by atoms with Crippen LogP contribution < -0.4 is 5.73 Å². The van der Waals surface area contributed by atoms with Crippen LogP contribution in [-0.4, -0.2) is 12.3 Å². The number of benzene rings is 1. The number of halogens is 1. The van der Waals surface area contributed by atoms with Crippen LogP contribution in [0.5, 0.6) is 0 Å². The third-order valence-electron chi connectivity index (χ3n) is 1.75. The van der Waals surface area contributed by atoms with Gasteiger partial charge in [-0.25, -0.2) is 0 Å². The molecule has 0 aliphatic carbocycles. The Morgan fingerprint density at radius 2 is 2.23 bits per heavy atom. The van der Waals surface area contributed by atoms with E-state index in [0.717, 1.165) is 29.3 Å². The van der Waals surface area contributed by atoms with Gasteiger partial charge in [-0.05, 0) is 49.4 Å². The number of aryl methyl sites for hydroxylation is 1. The van der Waals surface area contributed by atoms with Crippen LogP contribution in [0.4, 0.5) is 0 Å². The molecule has 13 heavy (non-hydrogen) atoms. The Bertz CT molecular complexity index is 276. The summed E-state index contributed by atoms with van der Waals surface area (Å²) in [5, 5.41) is 0.836. The van der Waals surface area contributed by atoms with Crippen molar-refractivity contribution in [3.63, 3.8) is 0 Å². The molecule has 0 heterocycles. The highest BCUT2D eigenvalue weighted by molar-refractivity contribution is 7.99. The van der Waals surface area contributed by atoms with Crippen LogP contribution in [-0.2, 0) is 0 Å². The summed E-state index contributed by atoms with van der Waals surface area (Å²) >= 11 is 7.74. The van der Waals surface area contributed by atoms with Crippen molar-refractivity contribution in [1.29, 1.82) is 0 Å².